The highest BCUT2D eigenvalue weighted by Crippen LogP contribution is 2.12. The molecular formula is C12H15NO. The maximum absolute atomic E-state index is 11.8. The molecule has 0 bridgehead atoms. The summed E-state index contributed by atoms with van der Waals surface area (Å²) in [5.41, 5.74) is 2.00. The molecule has 0 saturated carbocycles. The number of nitrogens with one attached hydrogen (secondary N) is 1. The van der Waals surface area contributed by atoms with Crippen LogP contribution in [0.1, 0.15) is 28.8 Å². The number of carbonyl (C=O) groups excluding carboxylic acids is 1. The van der Waals surface area contributed by atoms with E-state index in [9.17, 15) is 4.79 Å². The number of hydrogen-bond donors (Lipinski definition) is 1. The highest BCUT2D eigenvalue weighted by Gasteiger charge is 2.20. The van der Waals surface area contributed by atoms with Gasteiger partial charge in [-0.05, 0) is 26.0 Å². The van der Waals surface area contributed by atoms with Crippen LogP contribution in [0.4, 0.5) is 0 Å². The van der Waals surface area contributed by atoms with Crippen LogP contribution < -0.4 is 5.32 Å². The second-order valence-electron chi connectivity index (χ2n) is 3.94. The zero-order valence-corrected chi connectivity index (χ0v) is 8.42. The van der Waals surface area contributed by atoms with Gasteiger partial charge in [0.15, 0.2) is 5.78 Å². The van der Waals surface area contributed by atoms with Gasteiger partial charge in [0.2, 0.25) is 0 Å². The summed E-state index contributed by atoms with van der Waals surface area (Å²) in [6, 6.07) is 8.23. The molecule has 0 radical (unpaired) electrons. The van der Waals surface area contributed by atoms with Gasteiger partial charge >= 0.3 is 0 Å². The van der Waals surface area contributed by atoms with Gasteiger partial charge in [0.1, 0.15) is 0 Å². The van der Waals surface area contributed by atoms with Crippen LogP contribution in [-0.4, -0.2) is 18.4 Å². The van der Waals surface area contributed by atoms with E-state index in [0.29, 0.717) is 12.5 Å². The molecule has 1 unspecified atom stereocenters. The summed E-state index contributed by atoms with van der Waals surface area (Å²) < 4.78 is 0. The zero-order valence-electron chi connectivity index (χ0n) is 8.42. The molecule has 1 atom stereocenters. The number of ketones is 1. The molecule has 0 spiro atoms. The Morgan fingerprint density at radius 1 is 1.57 bits per heavy atom. The van der Waals surface area contributed by atoms with Crippen molar-refractivity contribution in [3.8, 4) is 0 Å². The Morgan fingerprint density at radius 3 is 2.93 bits per heavy atom. The Balaban J connectivity index is 2.02. The molecule has 1 saturated heterocycles. The summed E-state index contributed by atoms with van der Waals surface area (Å²) in [5, 5.41) is 3.24. The van der Waals surface area contributed by atoms with Crippen LogP contribution in [0.15, 0.2) is 24.3 Å². The van der Waals surface area contributed by atoms with Gasteiger partial charge in [-0.25, -0.2) is 0 Å². The molecule has 2 heteroatoms. The molecule has 1 aliphatic rings. The Kier molecular flexibility index (Phi) is 2.64. The number of aryl methyl sites for hydroxylation is 1. The first kappa shape index (κ1) is 9.41. The number of Topliss-reactive ketones (excluding diaryl/α,β-unsaturated/α-hetero) is 1. The summed E-state index contributed by atoms with van der Waals surface area (Å²) in [5.74, 6) is 0.255. The summed E-state index contributed by atoms with van der Waals surface area (Å²) >= 11 is 0. The monoisotopic (exact) mass is 189 g/mol. The van der Waals surface area contributed by atoms with Gasteiger partial charge in [-0.3, -0.25) is 4.79 Å². The minimum Gasteiger partial charge on any atom is -0.313 e. The second kappa shape index (κ2) is 3.93. The lowest BCUT2D eigenvalue weighted by Crippen LogP contribution is -2.44. The largest absolute Gasteiger partial charge is 0.313 e. The Labute approximate surface area is 84.3 Å². The smallest absolute Gasteiger partial charge is 0.164 e. The number of benzene rings is 1. The van der Waals surface area contributed by atoms with Gasteiger partial charge in [0, 0.05) is 18.0 Å². The zero-order chi connectivity index (χ0) is 9.97. The first-order valence-electron chi connectivity index (χ1n) is 5.09. The van der Waals surface area contributed by atoms with E-state index in [-0.39, 0.29) is 5.78 Å². The summed E-state index contributed by atoms with van der Waals surface area (Å²) in [4.78, 5) is 11.8. The van der Waals surface area contributed by atoms with Crippen molar-refractivity contribution in [1.29, 1.82) is 0 Å². The third kappa shape index (κ3) is 2.02. The first-order valence-corrected chi connectivity index (χ1v) is 5.09. The van der Waals surface area contributed by atoms with Gasteiger partial charge in [0.25, 0.3) is 0 Å². The van der Waals surface area contributed by atoms with Crippen LogP contribution >= 0.6 is 0 Å². The molecule has 74 valence electrons. The van der Waals surface area contributed by atoms with Crippen LogP contribution in [0.25, 0.3) is 0 Å². The lowest BCUT2D eigenvalue weighted by molar-refractivity contribution is 0.0956. The Bertz CT molecular complexity index is 342. The molecule has 1 aromatic rings. The molecular weight excluding hydrogens is 174 g/mol. The molecule has 0 aromatic heterocycles. The molecule has 14 heavy (non-hydrogen) atoms. The van der Waals surface area contributed by atoms with Gasteiger partial charge in [-0.15, -0.1) is 0 Å². The topological polar surface area (TPSA) is 29.1 Å². The highest BCUT2D eigenvalue weighted by atomic mass is 16.1. The fourth-order valence-electron chi connectivity index (χ4n) is 1.68. The van der Waals surface area contributed by atoms with Crippen molar-refractivity contribution in [2.24, 2.45) is 0 Å². The predicted octanol–water partition coefficient (Wildman–Crippen LogP) is 1.93. The lowest BCUT2D eigenvalue weighted by atomic mass is 9.97. The quantitative estimate of drug-likeness (QED) is 0.736. The van der Waals surface area contributed by atoms with Crippen LogP contribution in [0, 0.1) is 6.92 Å². The van der Waals surface area contributed by atoms with E-state index in [4.69, 9.17) is 0 Å². The van der Waals surface area contributed by atoms with Crippen molar-refractivity contribution in [2.45, 2.75) is 25.8 Å². The van der Waals surface area contributed by atoms with Gasteiger partial charge in [-0.2, -0.15) is 0 Å². The molecule has 1 aliphatic heterocycles. The normalized spacial score (nSPS) is 20.2. The average Bonchev–Trinajstić information content (AvgIpc) is 2.11. The molecule has 1 aromatic carbocycles. The molecule has 1 N–H and O–H groups in total. The maximum atomic E-state index is 11.8. The van der Waals surface area contributed by atoms with Crippen LogP contribution in [0.2, 0.25) is 0 Å². The fourth-order valence-corrected chi connectivity index (χ4v) is 1.68. The van der Waals surface area contributed by atoms with E-state index in [2.05, 4.69) is 5.32 Å². The number of rotatable bonds is 3. The third-order valence-corrected chi connectivity index (χ3v) is 2.70. The fraction of sp³-hybridized carbons (Fsp3) is 0.417. The summed E-state index contributed by atoms with van der Waals surface area (Å²) in [7, 11) is 0. The predicted molar refractivity (Wildman–Crippen MR) is 56.5 cm³/mol. The van der Waals surface area contributed by atoms with E-state index in [0.717, 1.165) is 24.1 Å². The van der Waals surface area contributed by atoms with E-state index >= 15 is 0 Å². The minimum atomic E-state index is 0.255. The van der Waals surface area contributed by atoms with Crippen LogP contribution in [-0.2, 0) is 0 Å². The summed E-state index contributed by atoms with van der Waals surface area (Å²) in [6.45, 7) is 3.07. The van der Waals surface area contributed by atoms with Gasteiger partial charge < -0.3 is 5.32 Å². The Hall–Kier alpha value is -1.15. The molecule has 0 aliphatic carbocycles. The molecule has 0 amide bonds. The van der Waals surface area contributed by atoms with Gasteiger partial charge in [0.05, 0.1) is 0 Å². The average molecular weight is 189 g/mol. The van der Waals surface area contributed by atoms with Crippen molar-refractivity contribution >= 4 is 5.78 Å². The molecule has 2 nitrogen and oxygen atoms in total. The van der Waals surface area contributed by atoms with E-state index < -0.39 is 0 Å². The lowest BCUT2D eigenvalue weighted by Gasteiger charge is -2.26. The minimum absolute atomic E-state index is 0.255. The second-order valence-corrected chi connectivity index (χ2v) is 3.94. The number of carbonyl (C=O) groups is 1. The third-order valence-electron chi connectivity index (χ3n) is 2.70. The van der Waals surface area contributed by atoms with E-state index in [1.54, 1.807) is 0 Å². The SMILES string of the molecule is Cc1cccc(C(=O)CC2CCN2)c1. The first-order chi connectivity index (χ1) is 6.75. The maximum Gasteiger partial charge on any atom is 0.164 e. The van der Waals surface area contributed by atoms with Crippen molar-refractivity contribution in [3.63, 3.8) is 0 Å². The van der Waals surface area contributed by atoms with Crippen molar-refractivity contribution in [2.75, 3.05) is 6.54 Å². The van der Waals surface area contributed by atoms with E-state index in [1.807, 2.05) is 31.2 Å². The van der Waals surface area contributed by atoms with Crippen molar-refractivity contribution < 1.29 is 4.79 Å². The van der Waals surface area contributed by atoms with Crippen molar-refractivity contribution in [3.05, 3.63) is 35.4 Å². The molecule has 1 heterocycles. The Morgan fingerprint density at radius 2 is 2.36 bits per heavy atom. The summed E-state index contributed by atoms with van der Waals surface area (Å²) in [6.07, 6.45) is 1.78. The molecule has 2 rings (SSSR count). The van der Waals surface area contributed by atoms with Gasteiger partial charge in [-0.1, -0.05) is 23.8 Å². The van der Waals surface area contributed by atoms with Crippen LogP contribution in [0.5, 0.6) is 0 Å². The molecule has 1 fully saturated rings. The van der Waals surface area contributed by atoms with Crippen molar-refractivity contribution in [1.82, 2.24) is 5.32 Å². The highest BCUT2D eigenvalue weighted by molar-refractivity contribution is 5.96. The number of hydrogen-bond acceptors (Lipinski definition) is 2. The van der Waals surface area contributed by atoms with E-state index in [1.165, 1.54) is 0 Å². The standard InChI is InChI=1S/C12H15NO/c1-9-3-2-4-10(7-9)12(14)8-11-5-6-13-11/h2-4,7,11,13H,5-6,8H2,1H3. The van der Waals surface area contributed by atoms with Crippen LogP contribution in [0.3, 0.4) is 0 Å².